The highest BCUT2D eigenvalue weighted by Gasteiger charge is 2.32. The molecule has 0 bridgehead atoms. The number of rotatable bonds is 3. The number of nitro groups is 1. The van der Waals surface area contributed by atoms with Crippen molar-refractivity contribution in [2.45, 2.75) is 27.2 Å². The van der Waals surface area contributed by atoms with Crippen LogP contribution >= 0.6 is 0 Å². The average Bonchev–Trinajstić information content (AvgIpc) is 3.20. The second-order valence-corrected chi connectivity index (χ2v) is 7.15. The summed E-state index contributed by atoms with van der Waals surface area (Å²) in [5.41, 5.74) is 1.79. The van der Waals surface area contributed by atoms with E-state index < -0.39 is 22.1 Å². The number of benzene rings is 1. The molecule has 8 nitrogen and oxygen atoms in total. The highest BCUT2D eigenvalue weighted by molar-refractivity contribution is 6.04. The van der Waals surface area contributed by atoms with Crippen LogP contribution in [0, 0.1) is 15.5 Å². The molecule has 1 aromatic carbocycles. The molecule has 8 heteroatoms. The van der Waals surface area contributed by atoms with Crippen LogP contribution in [0.5, 0.6) is 0 Å². The van der Waals surface area contributed by atoms with Crippen molar-refractivity contribution in [3.05, 3.63) is 51.8 Å². The standard InChI is InChI=1S/C18H19N3O5/c1-18(2,3)17(23)20-9-8-11-4-5-12(10-13(11)20)19-16(22)14-6-7-15(26-14)21(24)25/h4-7,10H,8-9H2,1-3H3,(H,19,22). The molecule has 2 aromatic rings. The number of hydrogen-bond donors (Lipinski definition) is 1. The summed E-state index contributed by atoms with van der Waals surface area (Å²) in [7, 11) is 0. The molecule has 3 rings (SSSR count). The molecule has 1 aliphatic rings. The quantitative estimate of drug-likeness (QED) is 0.669. The molecular weight excluding hydrogens is 338 g/mol. The van der Waals surface area contributed by atoms with Crippen molar-refractivity contribution in [1.29, 1.82) is 0 Å². The Bertz CT molecular complexity index is 894. The molecule has 1 aromatic heterocycles. The largest absolute Gasteiger partial charge is 0.433 e. The van der Waals surface area contributed by atoms with Gasteiger partial charge in [0.25, 0.3) is 5.91 Å². The minimum Gasteiger partial charge on any atom is -0.395 e. The zero-order chi connectivity index (χ0) is 19.1. The number of nitrogens with zero attached hydrogens (tertiary/aromatic N) is 2. The minimum atomic E-state index is -0.706. The average molecular weight is 357 g/mol. The summed E-state index contributed by atoms with van der Waals surface area (Å²) < 4.78 is 4.90. The number of anilines is 2. The number of fused-ring (bicyclic) bond motifs is 1. The number of carbonyl (C=O) groups is 2. The van der Waals surface area contributed by atoms with Crippen LogP contribution in [-0.4, -0.2) is 23.3 Å². The number of carbonyl (C=O) groups excluding carboxylic acids is 2. The van der Waals surface area contributed by atoms with E-state index in [0.717, 1.165) is 23.7 Å². The Morgan fingerprint density at radius 3 is 2.58 bits per heavy atom. The fraction of sp³-hybridized carbons (Fsp3) is 0.333. The zero-order valence-electron chi connectivity index (χ0n) is 14.7. The smallest absolute Gasteiger partial charge is 0.395 e. The molecule has 2 heterocycles. The third kappa shape index (κ3) is 3.30. The fourth-order valence-corrected chi connectivity index (χ4v) is 2.81. The summed E-state index contributed by atoms with van der Waals surface area (Å²) in [5, 5.41) is 13.3. The molecule has 0 fully saturated rings. The van der Waals surface area contributed by atoms with Crippen LogP contribution in [0.2, 0.25) is 0 Å². The van der Waals surface area contributed by atoms with Crippen molar-refractivity contribution in [2.75, 3.05) is 16.8 Å². The lowest BCUT2D eigenvalue weighted by atomic mass is 9.94. The lowest BCUT2D eigenvalue weighted by Gasteiger charge is -2.26. The van der Waals surface area contributed by atoms with E-state index in [4.69, 9.17) is 4.42 Å². The van der Waals surface area contributed by atoms with Gasteiger partial charge in [-0.3, -0.25) is 19.7 Å². The molecule has 0 radical (unpaired) electrons. The van der Waals surface area contributed by atoms with Crippen molar-refractivity contribution >= 4 is 29.1 Å². The van der Waals surface area contributed by atoms with E-state index in [0.29, 0.717) is 12.2 Å². The van der Waals surface area contributed by atoms with Gasteiger partial charge in [0.2, 0.25) is 5.91 Å². The first-order valence-electron chi connectivity index (χ1n) is 8.17. The predicted molar refractivity (Wildman–Crippen MR) is 95.3 cm³/mol. The van der Waals surface area contributed by atoms with Gasteiger partial charge in [0.15, 0.2) is 5.76 Å². The van der Waals surface area contributed by atoms with Crippen LogP contribution in [0.4, 0.5) is 17.3 Å². The molecule has 2 amide bonds. The molecule has 0 aliphatic carbocycles. The Labute approximate surface area is 149 Å². The van der Waals surface area contributed by atoms with Crippen LogP contribution in [0.1, 0.15) is 36.9 Å². The molecular formula is C18H19N3O5. The van der Waals surface area contributed by atoms with Crippen molar-refractivity contribution < 1.29 is 18.9 Å². The van der Waals surface area contributed by atoms with Crippen LogP contribution in [0.3, 0.4) is 0 Å². The first-order valence-corrected chi connectivity index (χ1v) is 8.17. The number of furan rings is 1. The number of hydrogen-bond acceptors (Lipinski definition) is 5. The second kappa shape index (κ2) is 6.29. The van der Waals surface area contributed by atoms with Gasteiger partial charge in [0.1, 0.15) is 4.92 Å². The van der Waals surface area contributed by atoms with Gasteiger partial charge in [-0.1, -0.05) is 26.8 Å². The van der Waals surface area contributed by atoms with E-state index >= 15 is 0 Å². The fourth-order valence-electron chi connectivity index (χ4n) is 2.81. The van der Waals surface area contributed by atoms with Crippen LogP contribution in [0.15, 0.2) is 34.7 Å². The number of amides is 2. The lowest BCUT2D eigenvalue weighted by molar-refractivity contribution is -0.402. The normalized spacial score (nSPS) is 13.4. The Hall–Kier alpha value is -3.16. The van der Waals surface area contributed by atoms with Gasteiger partial charge < -0.3 is 14.6 Å². The lowest BCUT2D eigenvalue weighted by Crippen LogP contribution is -2.38. The molecule has 0 saturated carbocycles. The second-order valence-electron chi connectivity index (χ2n) is 7.15. The summed E-state index contributed by atoms with van der Waals surface area (Å²) in [6, 6.07) is 7.71. The van der Waals surface area contributed by atoms with Crippen molar-refractivity contribution in [1.82, 2.24) is 0 Å². The van der Waals surface area contributed by atoms with E-state index in [1.807, 2.05) is 26.8 Å². The van der Waals surface area contributed by atoms with Gasteiger partial charge in [0, 0.05) is 23.3 Å². The van der Waals surface area contributed by atoms with Gasteiger partial charge in [-0.05, 0) is 30.2 Å². The Kier molecular flexibility index (Phi) is 4.27. The van der Waals surface area contributed by atoms with Gasteiger partial charge in [-0.15, -0.1) is 0 Å². The molecule has 1 aliphatic heterocycles. The Balaban J connectivity index is 1.81. The first kappa shape index (κ1) is 17.7. The van der Waals surface area contributed by atoms with Gasteiger partial charge in [-0.25, -0.2) is 0 Å². The maximum atomic E-state index is 12.6. The monoisotopic (exact) mass is 357 g/mol. The van der Waals surface area contributed by atoms with E-state index in [1.165, 1.54) is 6.07 Å². The van der Waals surface area contributed by atoms with Crippen LogP contribution < -0.4 is 10.2 Å². The van der Waals surface area contributed by atoms with Crippen molar-refractivity contribution in [2.24, 2.45) is 5.41 Å². The van der Waals surface area contributed by atoms with Crippen LogP contribution in [0.25, 0.3) is 0 Å². The summed E-state index contributed by atoms with van der Waals surface area (Å²) in [5.74, 6) is -1.22. The van der Waals surface area contributed by atoms with Gasteiger partial charge in [-0.2, -0.15) is 0 Å². The Morgan fingerprint density at radius 2 is 1.96 bits per heavy atom. The molecule has 0 unspecified atom stereocenters. The maximum Gasteiger partial charge on any atom is 0.433 e. The molecule has 1 N–H and O–H groups in total. The maximum absolute atomic E-state index is 12.6. The van der Waals surface area contributed by atoms with E-state index in [2.05, 4.69) is 5.32 Å². The SMILES string of the molecule is CC(C)(C)C(=O)N1CCc2ccc(NC(=O)c3ccc([N+](=O)[O-])o3)cc21. The third-order valence-electron chi connectivity index (χ3n) is 4.12. The Morgan fingerprint density at radius 1 is 1.23 bits per heavy atom. The van der Waals surface area contributed by atoms with Crippen molar-refractivity contribution in [3.8, 4) is 0 Å². The summed E-state index contributed by atoms with van der Waals surface area (Å²) in [4.78, 5) is 36.5. The number of nitrogens with one attached hydrogen (secondary N) is 1. The molecule has 0 saturated heterocycles. The van der Waals surface area contributed by atoms with Gasteiger partial charge >= 0.3 is 5.88 Å². The summed E-state index contributed by atoms with van der Waals surface area (Å²) >= 11 is 0. The summed E-state index contributed by atoms with van der Waals surface area (Å²) in [6.45, 7) is 6.20. The van der Waals surface area contributed by atoms with Crippen LogP contribution in [-0.2, 0) is 11.2 Å². The first-order chi connectivity index (χ1) is 12.2. The topological polar surface area (TPSA) is 106 Å². The van der Waals surface area contributed by atoms with Crippen molar-refractivity contribution in [3.63, 3.8) is 0 Å². The molecule has 0 spiro atoms. The third-order valence-corrected chi connectivity index (χ3v) is 4.12. The van der Waals surface area contributed by atoms with E-state index in [-0.39, 0.29) is 11.7 Å². The molecule has 26 heavy (non-hydrogen) atoms. The zero-order valence-corrected chi connectivity index (χ0v) is 14.7. The predicted octanol–water partition coefficient (Wildman–Crippen LogP) is 3.38. The highest BCUT2D eigenvalue weighted by Crippen LogP contribution is 2.34. The van der Waals surface area contributed by atoms with E-state index in [9.17, 15) is 19.7 Å². The van der Waals surface area contributed by atoms with Gasteiger partial charge in [0.05, 0.1) is 6.07 Å². The molecule has 136 valence electrons. The van der Waals surface area contributed by atoms with E-state index in [1.54, 1.807) is 17.0 Å². The highest BCUT2D eigenvalue weighted by atomic mass is 16.6. The molecule has 0 atom stereocenters. The minimum absolute atomic E-state index is 0.0152. The summed E-state index contributed by atoms with van der Waals surface area (Å²) in [6.07, 6.45) is 0.760.